The summed E-state index contributed by atoms with van der Waals surface area (Å²) in [7, 11) is 3.43. The Hall–Kier alpha value is -1.26. The zero-order valence-electron chi connectivity index (χ0n) is 13.1. The largest absolute Gasteiger partial charge is 0.497 e. The lowest BCUT2D eigenvalue weighted by molar-refractivity contribution is 0.147. The van der Waals surface area contributed by atoms with E-state index in [-0.39, 0.29) is 0 Å². The Morgan fingerprint density at radius 3 is 2.62 bits per heavy atom. The van der Waals surface area contributed by atoms with Crippen LogP contribution < -0.4 is 14.8 Å². The molecule has 1 heterocycles. The molecular formula is C17H26N2O2. The van der Waals surface area contributed by atoms with Crippen molar-refractivity contribution >= 4 is 0 Å². The number of benzene rings is 1. The van der Waals surface area contributed by atoms with E-state index in [1.165, 1.54) is 37.8 Å². The molecule has 21 heavy (non-hydrogen) atoms. The molecule has 1 saturated carbocycles. The number of nitrogens with one attached hydrogen (secondary N) is 1. The van der Waals surface area contributed by atoms with E-state index in [2.05, 4.69) is 16.3 Å². The van der Waals surface area contributed by atoms with Crippen molar-refractivity contribution in [3.8, 4) is 11.5 Å². The van der Waals surface area contributed by atoms with E-state index in [4.69, 9.17) is 9.47 Å². The molecule has 0 bridgehead atoms. The van der Waals surface area contributed by atoms with Gasteiger partial charge in [-0.25, -0.2) is 0 Å². The van der Waals surface area contributed by atoms with E-state index in [1.807, 2.05) is 12.1 Å². The maximum absolute atomic E-state index is 5.55. The minimum absolute atomic E-state index is 0.665. The quantitative estimate of drug-likeness (QED) is 0.872. The zero-order valence-corrected chi connectivity index (χ0v) is 13.1. The van der Waals surface area contributed by atoms with Gasteiger partial charge in [0.15, 0.2) is 0 Å². The van der Waals surface area contributed by atoms with Crippen LogP contribution in [0.2, 0.25) is 0 Å². The van der Waals surface area contributed by atoms with Crippen LogP contribution in [-0.2, 0) is 6.54 Å². The van der Waals surface area contributed by atoms with Crippen LogP contribution >= 0.6 is 0 Å². The first-order valence-corrected chi connectivity index (χ1v) is 7.99. The Morgan fingerprint density at radius 1 is 1.14 bits per heavy atom. The predicted octanol–water partition coefficient (Wildman–Crippen LogP) is 2.42. The first kappa shape index (κ1) is 14.7. The summed E-state index contributed by atoms with van der Waals surface area (Å²) < 4.78 is 10.8. The van der Waals surface area contributed by atoms with Crippen molar-refractivity contribution in [2.45, 2.75) is 44.3 Å². The molecular weight excluding hydrogens is 264 g/mol. The van der Waals surface area contributed by atoms with E-state index in [1.54, 1.807) is 14.2 Å². The molecule has 1 aromatic rings. The maximum Gasteiger partial charge on any atom is 0.127 e. The fraction of sp³-hybridized carbons (Fsp3) is 0.647. The fourth-order valence-corrected chi connectivity index (χ4v) is 3.26. The van der Waals surface area contributed by atoms with Crippen molar-refractivity contribution < 1.29 is 9.47 Å². The molecule has 1 aromatic carbocycles. The van der Waals surface area contributed by atoms with Crippen molar-refractivity contribution in [3.05, 3.63) is 23.8 Å². The second kappa shape index (κ2) is 6.67. The molecule has 2 fully saturated rings. The van der Waals surface area contributed by atoms with Crippen LogP contribution in [-0.4, -0.2) is 44.3 Å². The standard InChI is InChI=1S/C17H26N2O2/c1-20-16-8-5-13(17(10-16)21-2)12-19(14-6-7-14)15-4-3-9-18-11-15/h5,8,10,14-15,18H,3-4,6-7,9,11-12H2,1-2H3/t15-/m1/s1. The van der Waals surface area contributed by atoms with Gasteiger partial charge in [0.2, 0.25) is 0 Å². The highest BCUT2D eigenvalue weighted by molar-refractivity contribution is 5.40. The number of hydrogen-bond acceptors (Lipinski definition) is 4. The van der Waals surface area contributed by atoms with Gasteiger partial charge in [0, 0.05) is 36.8 Å². The van der Waals surface area contributed by atoms with Gasteiger partial charge in [-0.15, -0.1) is 0 Å². The first-order valence-electron chi connectivity index (χ1n) is 7.99. The highest BCUT2D eigenvalue weighted by Gasteiger charge is 2.34. The fourth-order valence-electron chi connectivity index (χ4n) is 3.26. The summed E-state index contributed by atoms with van der Waals surface area (Å²) in [5, 5.41) is 3.54. The van der Waals surface area contributed by atoms with Crippen LogP contribution in [0.5, 0.6) is 11.5 Å². The van der Waals surface area contributed by atoms with Gasteiger partial charge in [0.1, 0.15) is 11.5 Å². The molecule has 1 N–H and O–H groups in total. The molecule has 4 heteroatoms. The van der Waals surface area contributed by atoms with Gasteiger partial charge in [-0.05, 0) is 38.3 Å². The molecule has 1 saturated heterocycles. The van der Waals surface area contributed by atoms with Crippen LogP contribution in [0.15, 0.2) is 18.2 Å². The normalized spacial score (nSPS) is 22.3. The van der Waals surface area contributed by atoms with Gasteiger partial charge < -0.3 is 14.8 Å². The molecule has 2 aliphatic rings. The third-order valence-corrected chi connectivity index (χ3v) is 4.60. The van der Waals surface area contributed by atoms with E-state index in [0.717, 1.165) is 30.6 Å². The lowest BCUT2D eigenvalue weighted by atomic mass is 10.0. The number of piperidine rings is 1. The maximum atomic E-state index is 5.55. The molecule has 0 radical (unpaired) electrons. The summed E-state index contributed by atoms with van der Waals surface area (Å²) in [5.41, 5.74) is 1.26. The van der Waals surface area contributed by atoms with Crippen LogP contribution in [0, 0.1) is 0 Å². The lowest BCUT2D eigenvalue weighted by Gasteiger charge is -2.35. The van der Waals surface area contributed by atoms with Crippen molar-refractivity contribution in [2.24, 2.45) is 0 Å². The van der Waals surface area contributed by atoms with E-state index >= 15 is 0 Å². The Morgan fingerprint density at radius 2 is 2.00 bits per heavy atom. The van der Waals surface area contributed by atoms with Crippen molar-refractivity contribution in [2.75, 3.05) is 27.3 Å². The summed E-state index contributed by atoms with van der Waals surface area (Å²) in [5.74, 6) is 1.79. The molecule has 0 unspecified atom stereocenters. The van der Waals surface area contributed by atoms with Crippen LogP contribution in [0.4, 0.5) is 0 Å². The Labute approximate surface area is 127 Å². The van der Waals surface area contributed by atoms with E-state index < -0.39 is 0 Å². The van der Waals surface area contributed by atoms with Gasteiger partial charge in [-0.3, -0.25) is 4.90 Å². The summed E-state index contributed by atoms with van der Waals surface area (Å²) in [6.07, 6.45) is 5.28. The summed E-state index contributed by atoms with van der Waals surface area (Å²) in [4.78, 5) is 2.68. The minimum atomic E-state index is 0.665. The van der Waals surface area contributed by atoms with E-state index in [9.17, 15) is 0 Å². The van der Waals surface area contributed by atoms with Gasteiger partial charge in [-0.1, -0.05) is 6.07 Å². The summed E-state index contributed by atoms with van der Waals surface area (Å²) in [6.45, 7) is 3.26. The average Bonchev–Trinajstić information content (AvgIpc) is 3.38. The van der Waals surface area contributed by atoms with Crippen molar-refractivity contribution in [3.63, 3.8) is 0 Å². The topological polar surface area (TPSA) is 33.7 Å². The second-order valence-electron chi connectivity index (χ2n) is 6.08. The average molecular weight is 290 g/mol. The predicted molar refractivity (Wildman–Crippen MR) is 84.0 cm³/mol. The smallest absolute Gasteiger partial charge is 0.127 e. The zero-order chi connectivity index (χ0) is 14.7. The summed E-state index contributed by atoms with van der Waals surface area (Å²) in [6, 6.07) is 7.59. The number of hydrogen-bond donors (Lipinski definition) is 1. The third-order valence-electron chi connectivity index (χ3n) is 4.60. The Bertz CT molecular complexity index is 468. The SMILES string of the molecule is COc1ccc(CN(C2CC2)[C@@H]2CCCNC2)c(OC)c1. The molecule has 116 valence electrons. The highest BCUT2D eigenvalue weighted by Crippen LogP contribution is 2.34. The van der Waals surface area contributed by atoms with Crippen molar-refractivity contribution in [1.82, 2.24) is 10.2 Å². The summed E-state index contributed by atoms with van der Waals surface area (Å²) >= 11 is 0. The van der Waals surface area contributed by atoms with Crippen LogP contribution in [0.25, 0.3) is 0 Å². The lowest BCUT2D eigenvalue weighted by Crippen LogP contribution is -2.46. The molecule has 0 spiro atoms. The number of ether oxygens (including phenoxy) is 2. The highest BCUT2D eigenvalue weighted by atomic mass is 16.5. The van der Waals surface area contributed by atoms with Gasteiger partial charge in [-0.2, -0.15) is 0 Å². The van der Waals surface area contributed by atoms with E-state index in [0.29, 0.717) is 6.04 Å². The molecule has 1 atom stereocenters. The second-order valence-corrected chi connectivity index (χ2v) is 6.08. The van der Waals surface area contributed by atoms with Gasteiger partial charge >= 0.3 is 0 Å². The third kappa shape index (κ3) is 3.50. The molecule has 3 rings (SSSR count). The molecule has 0 aromatic heterocycles. The van der Waals surface area contributed by atoms with Gasteiger partial charge in [0.25, 0.3) is 0 Å². The Kier molecular flexibility index (Phi) is 4.66. The first-order chi connectivity index (χ1) is 10.3. The van der Waals surface area contributed by atoms with Gasteiger partial charge in [0.05, 0.1) is 14.2 Å². The van der Waals surface area contributed by atoms with Crippen LogP contribution in [0.1, 0.15) is 31.2 Å². The molecule has 1 aliphatic heterocycles. The van der Waals surface area contributed by atoms with Crippen molar-refractivity contribution in [1.29, 1.82) is 0 Å². The molecule has 1 aliphatic carbocycles. The minimum Gasteiger partial charge on any atom is -0.497 e. The molecule has 0 amide bonds. The number of methoxy groups -OCH3 is 2. The Balaban J connectivity index is 1.75. The van der Waals surface area contributed by atoms with Crippen LogP contribution in [0.3, 0.4) is 0 Å². The number of nitrogens with zero attached hydrogens (tertiary/aromatic N) is 1. The number of rotatable bonds is 6. The molecule has 4 nitrogen and oxygen atoms in total. The monoisotopic (exact) mass is 290 g/mol.